The molecule has 0 heterocycles. The van der Waals surface area contributed by atoms with Gasteiger partial charge in [0.15, 0.2) is 0 Å². The van der Waals surface area contributed by atoms with Gasteiger partial charge in [0.2, 0.25) is 0 Å². The molecule has 0 radical (unpaired) electrons. The minimum absolute atomic E-state index is 0.0647. The molecule has 0 aliphatic heterocycles. The second-order valence-electron chi connectivity index (χ2n) is 6.85. The van der Waals surface area contributed by atoms with Crippen molar-refractivity contribution >= 4 is 16.1 Å². The van der Waals surface area contributed by atoms with Crippen LogP contribution in [-0.4, -0.2) is 55.3 Å². The number of hydrogen-bond acceptors (Lipinski definition) is 3. The third-order valence-electron chi connectivity index (χ3n) is 3.60. The summed E-state index contributed by atoms with van der Waals surface area (Å²) in [5.41, 5.74) is 0.966. The van der Waals surface area contributed by atoms with Gasteiger partial charge in [-0.3, -0.25) is 0 Å². The fourth-order valence-corrected chi connectivity index (χ4v) is 2.71. The minimum atomic E-state index is -0.628. The van der Waals surface area contributed by atoms with E-state index in [1.54, 1.807) is 0 Å². The number of alkyl carbamates (subject to hydrolysis) is 1. The van der Waals surface area contributed by atoms with Gasteiger partial charge in [-0.2, -0.15) is 0 Å². The van der Waals surface area contributed by atoms with Gasteiger partial charge in [-0.25, -0.2) is 14.8 Å². The molecule has 5 heteroatoms. The van der Waals surface area contributed by atoms with Gasteiger partial charge in [-0.15, -0.1) is 0 Å². The van der Waals surface area contributed by atoms with Gasteiger partial charge in [0.05, 0.1) is 6.04 Å². The number of hydrogen-bond donors (Lipinski definition) is 2. The van der Waals surface area contributed by atoms with Crippen LogP contribution in [0.4, 0.5) is 4.79 Å². The SMILES string of the molecule is C=C(C)[C@H](NC(=O)OCCS(C)(C)C)[C@H](CC)NC1CC1. The van der Waals surface area contributed by atoms with Crippen LogP contribution in [0, 0.1) is 0 Å². The molecule has 0 bridgehead atoms. The molecule has 4 nitrogen and oxygen atoms in total. The summed E-state index contributed by atoms with van der Waals surface area (Å²) in [6.07, 6.45) is 9.76. The summed E-state index contributed by atoms with van der Waals surface area (Å²) in [6, 6.07) is 0.778. The topological polar surface area (TPSA) is 50.4 Å². The van der Waals surface area contributed by atoms with E-state index >= 15 is 0 Å². The molecule has 0 aromatic rings. The van der Waals surface area contributed by atoms with E-state index in [0.29, 0.717) is 12.6 Å². The Hall–Kier alpha value is -0.680. The van der Waals surface area contributed by atoms with E-state index in [2.05, 4.69) is 42.9 Å². The lowest BCUT2D eigenvalue weighted by Gasteiger charge is -2.29. The highest BCUT2D eigenvalue weighted by atomic mass is 32.3. The predicted molar refractivity (Wildman–Crippen MR) is 93.6 cm³/mol. The number of nitrogens with one attached hydrogen (secondary N) is 2. The first-order valence-electron chi connectivity index (χ1n) is 7.73. The van der Waals surface area contributed by atoms with Crippen LogP contribution in [0.15, 0.2) is 12.2 Å². The van der Waals surface area contributed by atoms with Gasteiger partial charge in [0, 0.05) is 17.8 Å². The highest BCUT2D eigenvalue weighted by Gasteiger charge is 2.29. The van der Waals surface area contributed by atoms with Gasteiger partial charge >= 0.3 is 6.09 Å². The van der Waals surface area contributed by atoms with Crippen LogP contribution >= 0.6 is 10.0 Å². The molecule has 0 unspecified atom stereocenters. The second-order valence-corrected chi connectivity index (χ2v) is 11.4. The zero-order valence-corrected chi connectivity index (χ0v) is 15.0. The lowest BCUT2D eigenvalue weighted by molar-refractivity contribution is 0.147. The molecule has 1 amide bonds. The summed E-state index contributed by atoms with van der Waals surface area (Å²) < 4.78 is 5.32. The third kappa shape index (κ3) is 7.77. The molecule has 0 spiro atoms. The molecule has 1 fully saturated rings. The normalized spacial score (nSPS) is 18.7. The van der Waals surface area contributed by atoms with Crippen molar-refractivity contribution in [1.82, 2.24) is 10.6 Å². The van der Waals surface area contributed by atoms with E-state index in [4.69, 9.17) is 4.74 Å². The van der Waals surface area contributed by atoms with Crippen molar-refractivity contribution in [3.63, 3.8) is 0 Å². The zero-order chi connectivity index (χ0) is 16.0. The summed E-state index contributed by atoms with van der Waals surface area (Å²) >= 11 is 0. The second kappa shape index (κ2) is 8.08. The molecule has 21 heavy (non-hydrogen) atoms. The first kappa shape index (κ1) is 18.4. The van der Waals surface area contributed by atoms with Crippen molar-refractivity contribution in [3.8, 4) is 0 Å². The summed E-state index contributed by atoms with van der Waals surface area (Å²) in [4.78, 5) is 12.0. The molecule has 0 aromatic carbocycles. The molecular formula is C16H32N2O2S. The largest absolute Gasteiger partial charge is 0.449 e. The van der Waals surface area contributed by atoms with Crippen molar-refractivity contribution < 1.29 is 9.53 Å². The first-order chi connectivity index (χ1) is 9.73. The van der Waals surface area contributed by atoms with Crippen LogP contribution in [0.5, 0.6) is 0 Å². The predicted octanol–water partition coefficient (Wildman–Crippen LogP) is 2.88. The van der Waals surface area contributed by atoms with Crippen molar-refractivity contribution in [2.75, 3.05) is 31.1 Å². The molecule has 2 N–H and O–H groups in total. The molecular weight excluding hydrogens is 284 g/mol. The van der Waals surface area contributed by atoms with E-state index in [-0.39, 0.29) is 18.2 Å². The quantitative estimate of drug-likeness (QED) is 0.643. The number of amides is 1. The molecule has 1 aliphatic rings. The van der Waals surface area contributed by atoms with E-state index in [0.717, 1.165) is 17.7 Å². The van der Waals surface area contributed by atoms with Crippen LogP contribution in [0.1, 0.15) is 33.1 Å². The first-order valence-corrected chi connectivity index (χ1v) is 10.8. The Balaban J connectivity index is 2.44. The molecule has 124 valence electrons. The van der Waals surface area contributed by atoms with Gasteiger partial charge in [0.1, 0.15) is 6.61 Å². The summed E-state index contributed by atoms with van der Waals surface area (Å²) in [6.45, 7) is 8.60. The number of rotatable bonds is 9. The molecule has 1 rings (SSSR count). The minimum Gasteiger partial charge on any atom is -0.449 e. The van der Waals surface area contributed by atoms with Crippen molar-refractivity contribution in [3.05, 3.63) is 12.2 Å². The van der Waals surface area contributed by atoms with Crippen LogP contribution in [0.25, 0.3) is 0 Å². The van der Waals surface area contributed by atoms with Crippen molar-refractivity contribution in [2.24, 2.45) is 0 Å². The van der Waals surface area contributed by atoms with E-state index in [9.17, 15) is 4.79 Å². The summed E-state index contributed by atoms with van der Waals surface area (Å²) in [5, 5.41) is 6.55. The van der Waals surface area contributed by atoms with Crippen LogP contribution < -0.4 is 10.6 Å². The fourth-order valence-electron chi connectivity index (χ4n) is 2.12. The van der Waals surface area contributed by atoms with Gasteiger partial charge < -0.3 is 15.4 Å². The zero-order valence-electron chi connectivity index (χ0n) is 14.2. The maximum absolute atomic E-state index is 12.0. The number of carbonyl (C=O) groups excluding carboxylic acids is 1. The summed E-state index contributed by atoms with van der Waals surface area (Å²) in [5.74, 6) is 0.940. The third-order valence-corrected chi connectivity index (χ3v) is 4.99. The van der Waals surface area contributed by atoms with Crippen LogP contribution in [-0.2, 0) is 4.74 Å². The molecule has 1 aliphatic carbocycles. The maximum atomic E-state index is 12.0. The molecule has 0 aromatic heterocycles. The smallest absolute Gasteiger partial charge is 0.407 e. The Morgan fingerprint density at radius 1 is 1.38 bits per heavy atom. The average Bonchev–Trinajstić information content (AvgIpc) is 3.15. The Bertz CT molecular complexity index is 362. The van der Waals surface area contributed by atoms with Gasteiger partial charge in [-0.1, -0.05) is 19.1 Å². The van der Waals surface area contributed by atoms with Crippen molar-refractivity contribution in [1.29, 1.82) is 0 Å². The highest BCUT2D eigenvalue weighted by Crippen LogP contribution is 2.33. The lowest BCUT2D eigenvalue weighted by Crippen LogP contribution is -2.51. The lowest BCUT2D eigenvalue weighted by atomic mass is 9.99. The van der Waals surface area contributed by atoms with Crippen molar-refractivity contribution in [2.45, 2.75) is 51.2 Å². The monoisotopic (exact) mass is 316 g/mol. The number of ether oxygens (including phenoxy) is 1. The van der Waals surface area contributed by atoms with E-state index in [1.165, 1.54) is 12.8 Å². The Labute approximate surface area is 131 Å². The Morgan fingerprint density at radius 2 is 2.00 bits per heavy atom. The van der Waals surface area contributed by atoms with Crippen LogP contribution in [0.2, 0.25) is 0 Å². The Morgan fingerprint density at radius 3 is 2.43 bits per heavy atom. The number of carbonyl (C=O) groups is 1. The van der Waals surface area contributed by atoms with Crippen LogP contribution in [0.3, 0.4) is 0 Å². The Kier molecular flexibility index (Phi) is 7.07. The molecule has 0 saturated heterocycles. The van der Waals surface area contributed by atoms with E-state index < -0.39 is 10.0 Å². The molecule has 1 saturated carbocycles. The van der Waals surface area contributed by atoms with Gasteiger partial charge in [0.25, 0.3) is 0 Å². The standard InChI is InChI=1S/C16H32N2O2S/c1-7-14(17-13-8-9-13)15(12(2)3)18-16(19)20-10-11-21(4,5)6/h13-15,17H,2,7-11H2,1,3-6H3,(H,18,19)/t14-,15-/m0/s1. The maximum Gasteiger partial charge on any atom is 0.407 e. The average molecular weight is 317 g/mol. The van der Waals surface area contributed by atoms with Gasteiger partial charge in [-0.05, 0) is 45.0 Å². The summed E-state index contributed by atoms with van der Waals surface area (Å²) in [7, 11) is -0.628. The molecule has 2 atom stereocenters. The van der Waals surface area contributed by atoms with E-state index in [1.807, 2.05) is 6.92 Å². The fraction of sp³-hybridized carbons (Fsp3) is 0.812. The highest BCUT2D eigenvalue weighted by molar-refractivity contribution is 8.32.